The van der Waals surface area contributed by atoms with Crippen molar-refractivity contribution in [1.82, 2.24) is 4.72 Å². The van der Waals surface area contributed by atoms with Crippen molar-refractivity contribution in [2.24, 2.45) is 0 Å². The fourth-order valence-corrected chi connectivity index (χ4v) is 4.24. The Kier molecular flexibility index (Phi) is 6.49. The van der Waals surface area contributed by atoms with Crippen molar-refractivity contribution in [2.45, 2.75) is 37.6 Å². The van der Waals surface area contributed by atoms with Crippen LogP contribution in [0.1, 0.15) is 23.6 Å². The number of hydrogen-bond donors (Lipinski definition) is 1. The minimum absolute atomic E-state index is 0.0304. The van der Waals surface area contributed by atoms with Crippen molar-refractivity contribution < 1.29 is 31.1 Å². The Morgan fingerprint density at radius 1 is 1.13 bits per heavy atom. The standard InChI is InChI=1S/C20H21F3N2O4S/c1-14(26)25-9-8-17-10-18(6-7-19(17)25)30(27,28)24-11-15-2-4-16(5-3-15)12-29-13-20(21,22)23/h2-7,10,24H,8-9,11-13H2,1H3. The minimum atomic E-state index is -4.37. The van der Waals surface area contributed by atoms with Crippen LogP contribution >= 0.6 is 0 Å². The molecule has 0 radical (unpaired) electrons. The highest BCUT2D eigenvalue weighted by atomic mass is 32.2. The first-order chi connectivity index (χ1) is 14.0. The van der Waals surface area contributed by atoms with Gasteiger partial charge in [0.15, 0.2) is 0 Å². The van der Waals surface area contributed by atoms with Gasteiger partial charge in [0.1, 0.15) is 6.61 Å². The van der Waals surface area contributed by atoms with Crippen LogP contribution in [0.4, 0.5) is 18.9 Å². The molecule has 2 aromatic rings. The highest BCUT2D eigenvalue weighted by Crippen LogP contribution is 2.30. The molecule has 0 fully saturated rings. The van der Waals surface area contributed by atoms with E-state index < -0.39 is 22.8 Å². The average Bonchev–Trinajstić information content (AvgIpc) is 3.10. The van der Waals surface area contributed by atoms with Gasteiger partial charge in [-0.3, -0.25) is 4.79 Å². The van der Waals surface area contributed by atoms with Crippen LogP contribution in [0.15, 0.2) is 47.4 Å². The molecule has 0 atom stereocenters. The van der Waals surface area contributed by atoms with E-state index in [1.54, 1.807) is 41.3 Å². The molecule has 6 nitrogen and oxygen atoms in total. The number of benzene rings is 2. The summed E-state index contributed by atoms with van der Waals surface area (Å²) >= 11 is 0. The SMILES string of the molecule is CC(=O)N1CCc2cc(S(=O)(=O)NCc3ccc(COCC(F)(F)F)cc3)ccc21. The van der Waals surface area contributed by atoms with Gasteiger partial charge in [-0.05, 0) is 41.3 Å². The Bertz CT molecular complexity index is 1020. The van der Waals surface area contributed by atoms with Crippen LogP contribution in [0.2, 0.25) is 0 Å². The van der Waals surface area contributed by atoms with Crippen LogP contribution in [-0.2, 0) is 39.1 Å². The number of carbonyl (C=O) groups excluding carboxylic acids is 1. The second-order valence-corrected chi connectivity index (χ2v) is 8.73. The van der Waals surface area contributed by atoms with Gasteiger partial charge in [0.2, 0.25) is 15.9 Å². The van der Waals surface area contributed by atoms with Crippen LogP contribution in [0.5, 0.6) is 0 Å². The number of anilines is 1. The number of fused-ring (bicyclic) bond motifs is 1. The van der Waals surface area contributed by atoms with E-state index >= 15 is 0 Å². The van der Waals surface area contributed by atoms with Crippen molar-refractivity contribution in [3.05, 3.63) is 59.2 Å². The maximum Gasteiger partial charge on any atom is 0.411 e. The first-order valence-electron chi connectivity index (χ1n) is 9.18. The average molecular weight is 442 g/mol. The highest BCUT2D eigenvalue weighted by Gasteiger charge is 2.27. The molecule has 1 amide bonds. The smallest absolute Gasteiger partial charge is 0.367 e. The maximum atomic E-state index is 12.6. The van der Waals surface area contributed by atoms with Crippen LogP contribution in [0.3, 0.4) is 0 Å². The van der Waals surface area contributed by atoms with Gasteiger partial charge in [0.25, 0.3) is 0 Å². The van der Waals surface area contributed by atoms with E-state index in [-0.39, 0.29) is 24.0 Å². The molecule has 10 heteroatoms. The third kappa shape index (κ3) is 5.59. The Morgan fingerprint density at radius 2 is 1.80 bits per heavy atom. The van der Waals surface area contributed by atoms with Crippen molar-refractivity contribution in [3.63, 3.8) is 0 Å². The van der Waals surface area contributed by atoms with Crippen LogP contribution in [-0.4, -0.2) is 33.7 Å². The number of nitrogens with one attached hydrogen (secondary N) is 1. The molecule has 0 saturated carbocycles. The Hall–Kier alpha value is -2.43. The molecule has 0 aliphatic carbocycles. The number of carbonyl (C=O) groups is 1. The van der Waals surface area contributed by atoms with Crippen LogP contribution in [0.25, 0.3) is 0 Å². The summed E-state index contributed by atoms with van der Waals surface area (Å²) in [6.07, 6.45) is -3.78. The predicted octanol–water partition coefficient (Wildman–Crippen LogP) is 3.15. The number of rotatable bonds is 7. The van der Waals surface area contributed by atoms with Gasteiger partial charge in [-0.15, -0.1) is 0 Å². The summed E-state index contributed by atoms with van der Waals surface area (Å²) in [5.41, 5.74) is 2.74. The summed E-state index contributed by atoms with van der Waals surface area (Å²) in [6.45, 7) is 0.524. The minimum Gasteiger partial charge on any atom is -0.367 e. The fraction of sp³-hybridized carbons (Fsp3) is 0.350. The summed E-state index contributed by atoms with van der Waals surface area (Å²) in [5, 5.41) is 0. The molecule has 0 spiro atoms. The number of nitrogens with zero attached hydrogens (tertiary/aromatic N) is 1. The van der Waals surface area contributed by atoms with Crippen LogP contribution < -0.4 is 9.62 Å². The zero-order chi connectivity index (χ0) is 21.9. The molecule has 1 N–H and O–H groups in total. The third-order valence-corrected chi connectivity index (χ3v) is 6.06. The zero-order valence-corrected chi connectivity index (χ0v) is 17.0. The molecule has 1 aliphatic heterocycles. The molecular formula is C20H21F3N2O4S. The Labute approximate surface area is 172 Å². The van der Waals surface area contributed by atoms with E-state index in [9.17, 15) is 26.4 Å². The number of sulfonamides is 1. The predicted molar refractivity (Wildman–Crippen MR) is 104 cm³/mol. The van der Waals surface area contributed by atoms with Crippen molar-refractivity contribution in [3.8, 4) is 0 Å². The summed E-state index contributed by atoms with van der Waals surface area (Å²) in [4.78, 5) is 13.3. The third-order valence-electron chi connectivity index (χ3n) is 4.66. The van der Waals surface area contributed by atoms with Crippen LogP contribution in [0, 0.1) is 0 Å². The summed E-state index contributed by atoms with van der Waals surface area (Å²) in [7, 11) is -3.76. The fourth-order valence-electron chi connectivity index (χ4n) is 3.17. The topological polar surface area (TPSA) is 75.7 Å². The lowest BCUT2D eigenvalue weighted by Crippen LogP contribution is -2.26. The first-order valence-corrected chi connectivity index (χ1v) is 10.7. The Morgan fingerprint density at radius 3 is 2.43 bits per heavy atom. The molecular weight excluding hydrogens is 421 g/mol. The normalized spacial score (nSPS) is 14.1. The van der Waals surface area contributed by atoms with E-state index in [4.69, 9.17) is 0 Å². The van der Waals surface area contributed by atoms with E-state index in [0.717, 1.165) is 11.3 Å². The molecule has 30 heavy (non-hydrogen) atoms. The number of ether oxygens (including phenoxy) is 1. The summed E-state index contributed by atoms with van der Waals surface area (Å²) < 4.78 is 68.6. The number of halogens is 3. The Balaban J connectivity index is 1.60. The van der Waals surface area contributed by atoms with Crippen molar-refractivity contribution in [1.29, 1.82) is 0 Å². The van der Waals surface area contributed by atoms with Crippen molar-refractivity contribution >= 4 is 21.6 Å². The van der Waals surface area contributed by atoms with Gasteiger partial charge >= 0.3 is 6.18 Å². The quantitative estimate of drug-likeness (QED) is 0.715. The second-order valence-electron chi connectivity index (χ2n) is 6.96. The molecule has 0 bridgehead atoms. The summed E-state index contributed by atoms with van der Waals surface area (Å²) in [5.74, 6) is -0.0882. The largest absolute Gasteiger partial charge is 0.411 e. The molecule has 0 aromatic heterocycles. The molecule has 0 saturated heterocycles. The molecule has 0 unspecified atom stereocenters. The van der Waals surface area contributed by atoms with Gasteiger partial charge in [-0.1, -0.05) is 24.3 Å². The lowest BCUT2D eigenvalue weighted by Gasteiger charge is -2.15. The molecule has 3 rings (SSSR count). The van der Waals surface area contributed by atoms with E-state index in [0.29, 0.717) is 24.1 Å². The van der Waals surface area contributed by atoms with Gasteiger partial charge in [0, 0.05) is 25.7 Å². The maximum absolute atomic E-state index is 12.6. The molecule has 2 aromatic carbocycles. The number of alkyl halides is 3. The van der Waals surface area contributed by atoms with Gasteiger partial charge in [-0.2, -0.15) is 13.2 Å². The van der Waals surface area contributed by atoms with Gasteiger partial charge in [0.05, 0.1) is 11.5 Å². The van der Waals surface area contributed by atoms with Gasteiger partial charge in [-0.25, -0.2) is 13.1 Å². The number of hydrogen-bond acceptors (Lipinski definition) is 4. The van der Waals surface area contributed by atoms with Crippen molar-refractivity contribution in [2.75, 3.05) is 18.1 Å². The first kappa shape index (κ1) is 22.3. The monoisotopic (exact) mass is 442 g/mol. The molecule has 1 aliphatic rings. The van der Waals surface area contributed by atoms with E-state index in [1.165, 1.54) is 13.0 Å². The second kappa shape index (κ2) is 8.75. The molecule has 1 heterocycles. The highest BCUT2D eigenvalue weighted by molar-refractivity contribution is 7.89. The summed E-state index contributed by atoms with van der Waals surface area (Å²) in [6, 6.07) is 11.1. The lowest BCUT2D eigenvalue weighted by atomic mass is 10.1. The lowest BCUT2D eigenvalue weighted by molar-refractivity contribution is -0.176. The zero-order valence-electron chi connectivity index (χ0n) is 16.2. The van der Waals surface area contributed by atoms with E-state index in [2.05, 4.69) is 9.46 Å². The number of amides is 1. The molecule has 162 valence electrons. The van der Waals surface area contributed by atoms with E-state index in [1.807, 2.05) is 0 Å². The van der Waals surface area contributed by atoms with Gasteiger partial charge < -0.3 is 9.64 Å².